The third kappa shape index (κ3) is 4.47. The minimum atomic E-state index is -0.978. The van der Waals surface area contributed by atoms with Crippen molar-refractivity contribution < 1.29 is 23.9 Å². The van der Waals surface area contributed by atoms with Gasteiger partial charge >= 0.3 is 12.1 Å². The summed E-state index contributed by atoms with van der Waals surface area (Å²) in [6.07, 6.45) is 0.881. The quantitative estimate of drug-likeness (QED) is 0.581. The van der Waals surface area contributed by atoms with Crippen LogP contribution in [0.25, 0.3) is 0 Å². The Hall–Kier alpha value is -2.05. The van der Waals surface area contributed by atoms with Crippen LogP contribution in [0.5, 0.6) is 0 Å². The third-order valence-corrected chi connectivity index (χ3v) is 2.78. The van der Waals surface area contributed by atoms with Crippen LogP contribution in [0, 0.1) is 0 Å². The summed E-state index contributed by atoms with van der Waals surface area (Å²) in [5.74, 6) is -1.13. The van der Waals surface area contributed by atoms with Gasteiger partial charge in [0.1, 0.15) is 11.6 Å². The van der Waals surface area contributed by atoms with Crippen molar-refractivity contribution in [1.29, 1.82) is 0 Å². The Morgan fingerprint density at radius 2 is 1.95 bits per heavy atom. The molecule has 1 aliphatic rings. The van der Waals surface area contributed by atoms with Crippen LogP contribution in [0.3, 0.4) is 0 Å². The second kappa shape index (κ2) is 6.81. The average Bonchev–Trinajstić information content (AvgIpc) is 2.64. The molecule has 0 aromatic carbocycles. The lowest BCUT2D eigenvalue weighted by atomic mass is 10.1. The summed E-state index contributed by atoms with van der Waals surface area (Å²) < 4.78 is 10.2. The number of carbonyl (C=O) groups is 3. The monoisotopic (exact) mass is 312 g/mol. The number of rotatable bonds is 3. The van der Waals surface area contributed by atoms with E-state index < -0.39 is 29.6 Å². The van der Waals surface area contributed by atoms with Gasteiger partial charge in [0.05, 0.1) is 6.61 Å². The Morgan fingerprint density at radius 1 is 1.36 bits per heavy atom. The molecule has 2 amide bonds. The molecule has 1 saturated heterocycles. The molecular formula is C15H24N2O5. The largest absolute Gasteiger partial charge is 0.464 e. The average molecular weight is 312 g/mol. The maximum absolute atomic E-state index is 12.4. The van der Waals surface area contributed by atoms with Crippen molar-refractivity contribution in [3.8, 4) is 0 Å². The molecule has 1 aliphatic heterocycles. The summed E-state index contributed by atoms with van der Waals surface area (Å²) in [5.41, 5.74) is -0.390. The van der Waals surface area contributed by atoms with Crippen LogP contribution in [0.2, 0.25) is 0 Å². The van der Waals surface area contributed by atoms with Crippen LogP contribution in [0.15, 0.2) is 11.8 Å². The van der Waals surface area contributed by atoms with Gasteiger partial charge in [-0.15, -0.1) is 0 Å². The first-order valence-corrected chi connectivity index (χ1v) is 7.17. The first-order valence-electron chi connectivity index (χ1n) is 7.17. The van der Waals surface area contributed by atoms with Crippen molar-refractivity contribution in [1.82, 2.24) is 9.80 Å². The van der Waals surface area contributed by atoms with Crippen molar-refractivity contribution in [3.05, 3.63) is 11.8 Å². The summed E-state index contributed by atoms with van der Waals surface area (Å²) in [4.78, 5) is 39.2. The molecule has 0 aromatic rings. The fourth-order valence-corrected chi connectivity index (χ4v) is 2.05. The maximum atomic E-state index is 12.4. The Morgan fingerprint density at radius 3 is 2.41 bits per heavy atom. The molecule has 1 rings (SSSR count). The Balaban J connectivity index is 3.09. The summed E-state index contributed by atoms with van der Waals surface area (Å²) in [6, 6.07) is -0.978. The molecule has 0 radical (unpaired) electrons. The van der Waals surface area contributed by atoms with E-state index in [1.807, 2.05) is 0 Å². The van der Waals surface area contributed by atoms with Crippen molar-refractivity contribution in [2.24, 2.45) is 0 Å². The highest BCUT2D eigenvalue weighted by Gasteiger charge is 2.46. The Kier molecular flexibility index (Phi) is 5.57. The molecule has 0 saturated carbocycles. The first kappa shape index (κ1) is 18.0. The molecule has 1 unspecified atom stereocenters. The van der Waals surface area contributed by atoms with Gasteiger partial charge in [-0.3, -0.25) is 4.79 Å². The van der Waals surface area contributed by atoms with Crippen molar-refractivity contribution in [2.75, 3.05) is 20.7 Å². The van der Waals surface area contributed by atoms with E-state index in [1.54, 1.807) is 52.9 Å². The lowest BCUT2D eigenvalue weighted by Crippen LogP contribution is -2.46. The second-order valence-electron chi connectivity index (χ2n) is 6.25. The summed E-state index contributed by atoms with van der Waals surface area (Å²) >= 11 is 0. The molecule has 7 nitrogen and oxygen atoms in total. The molecule has 0 bridgehead atoms. The van der Waals surface area contributed by atoms with Crippen molar-refractivity contribution >= 4 is 18.0 Å². The second-order valence-corrected chi connectivity index (χ2v) is 6.25. The maximum Gasteiger partial charge on any atom is 0.418 e. The van der Waals surface area contributed by atoms with E-state index >= 15 is 0 Å². The molecule has 0 spiro atoms. The number of hydrogen-bond donors (Lipinski definition) is 0. The molecule has 7 heteroatoms. The topological polar surface area (TPSA) is 76.2 Å². The van der Waals surface area contributed by atoms with E-state index in [0.717, 1.165) is 4.90 Å². The minimum Gasteiger partial charge on any atom is -0.464 e. The number of hydrogen-bond acceptors (Lipinski definition) is 6. The third-order valence-electron chi connectivity index (χ3n) is 2.78. The van der Waals surface area contributed by atoms with Crippen LogP contribution in [0.4, 0.5) is 4.79 Å². The molecule has 0 aliphatic carbocycles. The van der Waals surface area contributed by atoms with Gasteiger partial charge in [0.25, 0.3) is 5.91 Å². The number of carbonyl (C=O) groups excluding carboxylic acids is 3. The SMILES string of the molecule is CCOC(=O)C1C/C(=C\N(C)C)C(=O)N1C(=O)OC(C)(C)C. The highest BCUT2D eigenvalue weighted by molar-refractivity contribution is 6.08. The van der Waals surface area contributed by atoms with Crippen LogP contribution in [0.1, 0.15) is 34.1 Å². The van der Waals surface area contributed by atoms with E-state index in [1.165, 1.54) is 0 Å². The van der Waals surface area contributed by atoms with Crippen LogP contribution < -0.4 is 0 Å². The predicted octanol–water partition coefficient (Wildman–Crippen LogP) is 1.53. The molecule has 1 atom stereocenters. The van der Waals surface area contributed by atoms with Gasteiger partial charge in [-0.1, -0.05) is 0 Å². The lowest BCUT2D eigenvalue weighted by molar-refractivity contribution is -0.150. The zero-order valence-corrected chi connectivity index (χ0v) is 14.0. The minimum absolute atomic E-state index is 0.120. The molecule has 1 heterocycles. The van der Waals surface area contributed by atoms with Gasteiger partial charge in [0, 0.05) is 32.3 Å². The van der Waals surface area contributed by atoms with Gasteiger partial charge in [0.2, 0.25) is 0 Å². The zero-order chi connectivity index (χ0) is 17.1. The fourth-order valence-electron chi connectivity index (χ4n) is 2.05. The molecule has 0 N–H and O–H groups in total. The lowest BCUT2D eigenvalue weighted by Gasteiger charge is -2.26. The van der Waals surface area contributed by atoms with E-state index in [-0.39, 0.29) is 13.0 Å². The Bertz CT molecular complexity index is 491. The number of imide groups is 1. The van der Waals surface area contributed by atoms with E-state index in [4.69, 9.17) is 9.47 Å². The van der Waals surface area contributed by atoms with Gasteiger partial charge < -0.3 is 14.4 Å². The molecule has 1 fully saturated rings. The smallest absolute Gasteiger partial charge is 0.418 e. The van der Waals surface area contributed by atoms with Crippen molar-refractivity contribution in [3.63, 3.8) is 0 Å². The molecular weight excluding hydrogens is 288 g/mol. The number of nitrogens with zero attached hydrogens (tertiary/aromatic N) is 2. The molecule has 0 aromatic heterocycles. The van der Waals surface area contributed by atoms with E-state index in [2.05, 4.69) is 0 Å². The summed E-state index contributed by atoms with van der Waals surface area (Å²) in [7, 11) is 3.52. The van der Waals surface area contributed by atoms with Crippen molar-refractivity contribution in [2.45, 2.75) is 45.8 Å². The standard InChI is InChI=1S/C15H24N2O5/c1-7-21-13(19)11-8-10(9-16(5)6)12(18)17(11)14(20)22-15(2,3)4/h9,11H,7-8H2,1-6H3/b10-9+. The number of esters is 1. The van der Waals surface area contributed by atoms with Gasteiger partial charge in [0.15, 0.2) is 0 Å². The van der Waals surface area contributed by atoms with Gasteiger partial charge in [-0.2, -0.15) is 0 Å². The highest BCUT2D eigenvalue weighted by Crippen LogP contribution is 2.27. The number of amides is 2. The van der Waals surface area contributed by atoms with Gasteiger partial charge in [-0.25, -0.2) is 14.5 Å². The summed E-state index contributed by atoms with van der Waals surface area (Å²) in [6.45, 7) is 6.94. The fraction of sp³-hybridized carbons (Fsp3) is 0.667. The molecule has 22 heavy (non-hydrogen) atoms. The summed E-state index contributed by atoms with van der Waals surface area (Å²) in [5, 5.41) is 0. The van der Waals surface area contributed by atoms with Gasteiger partial charge in [-0.05, 0) is 27.7 Å². The van der Waals surface area contributed by atoms with Crippen LogP contribution in [-0.4, -0.2) is 60.1 Å². The van der Waals surface area contributed by atoms with Crippen LogP contribution >= 0.6 is 0 Å². The first-order chi connectivity index (χ1) is 10.1. The molecule has 124 valence electrons. The van der Waals surface area contributed by atoms with E-state index in [0.29, 0.717) is 5.57 Å². The predicted molar refractivity (Wildman–Crippen MR) is 79.9 cm³/mol. The zero-order valence-electron chi connectivity index (χ0n) is 14.0. The number of ether oxygens (including phenoxy) is 2. The van der Waals surface area contributed by atoms with E-state index in [9.17, 15) is 14.4 Å². The van der Waals surface area contributed by atoms with Crippen LogP contribution in [-0.2, 0) is 19.1 Å². The normalized spacial score (nSPS) is 20.3. The number of likely N-dealkylation sites (tertiary alicyclic amines) is 1. The highest BCUT2D eigenvalue weighted by atomic mass is 16.6. The Labute approximate surface area is 130 Å².